The Morgan fingerprint density at radius 2 is 2.12 bits per heavy atom. The Morgan fingerprint density at radius 1 is 1.31 bits per heavy atom. The van der Waals surface area contributed by atoms with Gasteiger partial charge in [0.2, 0.25) is 0 Å². The maximum Gasteiger partial charge on any atom is 0.417 e. The number of benzene rings is 2. The molecule has 26 heavy (non-hydrogen) atoms. The Morgan fingerprint density at radius 3 is 2.88 bits per heavy atom. The predicted molar refractivity (Wildman–Crippen MR) is 99.7 cm³/mol. The molecule has 136 valence electrons. The second-order valence-corrected chi connectivity index (χ2v) is 6.35. The number of aromatic nitrogens is 1. The zero-order valence-corrected chi connectivity index (χ0v) is 14.8. The van der Waals surface area contributed by atoms with Crippen LogP contribution in [0.25, 0.3) is 11.1 Å². The van der Waals surface area contributed by atoms with Gasteiger partial charge < -0.3 is 14.8 Å². The van der Waals surface area contributed by atoms with Gasteiger partial charge in [0.05, 0.1) is 12.1 Å². The molecule has 1 heterocycles. The van der Waals surface area contributed by atoms with Crippen LogP contribution in [0.4, 0.5) is 5.69 Å². The molecule has 0 radical (unpaired) electrons. The van der Waals surface area contributed by atoms with Crippen LogP contribution in [0.15, 0.2) is 45.6 Å². The van der Waals surface area contributed by atoms with Gasteiger partial charge in [-0.1, -0.05) is 11.6 Å². The van der Waals surface area contributed by atoms with Crippen molar-refractivity contribution in [1.82, 2.24) is 9.88 Å². The zero-order valence-electron chi connectivity index (χ0n) is 14.1. The third-order valence-electron chi connectivity index (χ3n) is 3.91. The second-order valence-electron chi connectivity index (χ2n) is 5.95. The van der Waals surface area contributed by atoms with Crippen molar-refractivity contribution in [2.24, 2.45) is 0 Å². The lowest BCUT2D eigenvalue weighted by Gasteiger charge is -2.17. The van der Waals surface area contributed by atoms with Gasteiger partial charge >= 0.3 is 5.76 Å². The zero-order chi connectivity index (χ0) is 18.7. The number of rotatable bonds is 6. The molecule has 0 aliphatic rings. The van der Waals surface area contributed by atoms with Crippen LogP contribution in [0.1, 0.15) is 15.9 Å². The summed E-state index contributed by atoms with van der Waals surface area (Å²) in [7, 11) is 1.87. The van der Waals surface area contributed by atoms with Crippen LogP contribution in [0.5, 0.6) is 0 Å². The molecule has 0 saturated heterocycles. The van der Waals surface area contributed by atoms with E-state index in [1.165, 1.54) is 6.07 Å². The van der Waals surface area contributed by atoms with Gasteiger partial charge in [-0.15, -0.1) is 0 Å². The van der Waals surface area contributed by atoms with Crippen molar-refractivity contribution in [1.29, 1.82) is 0 Å². The number of carbonyl (C=O) groups excluding carboxylic acids is 1. The fourth-order valence-corrected chi connectivity index (χ4v) is 2.78. The predicted octanol–water partition coefficient (Wildman–Crippen LogP) is 2.45. The number of hydrogen-bond donors (Lipinski definition) is 3. The van der Waals surface area contributed by atoms with E-state index in [0.29, 0.717) is 40.5 Å². The number of nitrogens with zero attached hydrogens (tertiary/aromatic N) is 1. The standard InChI is InChI=1S/C18H18ClN3O4/c1-22(6-7-23)10-12-8-13(3-4-14(12)19)20-17(24)11-2-5-15-16(9-11)26-18(25)21-15/h2-5,8-9,23H,6-7,10H2,1H3,(H,20,24)(H,21,25). The molecule has 3 N–H and O–H groups in total. The maximum atomic E-state index is 12.5. The summed E-state index contributed by atoms with van der Waals surface area (Å²) in [6, 6.07) is 9.96. The highest BCUT2D eigenvalue weighted by Gasteiger charge is 2.11. The molecule has 3 rings (SSSR count). The van der Waals surface area contributed by atoms with E-state index in [4.69, 9.17) is 21.1 Å². The molecule has 0 spiro atoms. The molecule has 0 atom stereocenters. The quantitative estimate of drug-likeness (QED) is 0.614. The Bertz CT molecular complexity index is 996. The molecule has 0 bridgehead atoms. The monoisotopic (exact) mass is 375 g/mol. The van der Waals surface area contributed by atoms with Gasteiger partial charge in [0.15, 0.2) is 5.58 Å². The summed E-state index contributed by atoms with van der Waals surface area (Å²) < 4.78 is 4.98. The number of halogens is 1. The lowest BCUT2D eigenvalue weighted by Crippen LogP contribution is -2.21. The third kappa shape index (κ3) is 4.13. The van der Waals surface area contributed by atoms with E-state index in [9.17, 15) is 9.59 Å². The molecule has 7 nitrogen and oxygen atoms in total. The number of amides is 1. The Balaban J connectivity index is 1.78. The number of nitrogens with one attached hydrogen (secondary N) is 2. The van der Waals surface area contributed by atoms with Gasteiger partial charge in [-0.3, -0.25) is 14.7 Å². The number of anilines is 1. The molecule has 0 saturated carbocycles. The van der Waals surface area contributed by atoms with Crippen molar-refractivity contribution < 1.29 is 14.3 Å². The number of hydrogen-bond acceptors (Lipinski definition) is 5. The minimum Gasteiger partial charge on any atom is -0.408 e. The van der Waals surface area contributed by atoms with Crippen LogP contribution in [0.2, 0.25) is 5.02 Å². The summed E-state index contributed by atoms with van der Waals surface area (Å²) in [5, 5.41) is 12.4. The average molecular weight is 376 g/mol. The van der Waals surface area contributed by atoms with Crippen molar-refractivity contribution >= 4 is 34.3 Å². The molecular weight excluding hydrogens is 358 g/mol. The smallest absolute Gasteiger partial charge is 0.408 e. The van der Waals surface area contributed by atoms with Gasteiger partial charge in [0, 0.05) is 29.4 Å². The highest BCUT2D eigenvalue weighted by atomic mass is 35.5. The summed E-state index contributed by atoms with van der Waals surface area (Å²) in [6.45, 7) is 1.13. The topological polar surface area (TPSA) is 98.6 Å². The Kier molecular flexibility index (Phi) is 5.41. The summed E-state index contributed by atoms with van der Waals surface area (Å²) in [4.78, 5) is 28.1. The summed E-state index contributed by atoms with van der Waals surface area (Å²) in [5.41, 5.74) is 2.67. The lowest BCUT2D eigenvalue weighted by atomic mass is 10.1. The first kappa shape index (κ1) is 18.2. The average Bonchev–Trinajstić information content (AvgIpc) is 2.97. The largest absolute Gasteiger partial charge is 0.417 e. The Labute approximate surface area is 154 Å². The van der Waals surface area contributed by atoms with Gasteiger partial charge in [-0.05, 0) is 49.0 Å². The third-order valence-corrected chi connectivity index (χ3v) is 4.28. The fourth-order valence-electron chi connectivity index (χ4n) is 2.60. The molecule has 0 aliphatic heterocycles. The summed E-state index contributed by atoms with van der Waals surface area (Å²) in [6.07, 6.45) is 0. The van der Waals surface area contributed by atoms with Crippen LogP contribution in [0.3, 0.4) is 0 Å². The van der Waals surface area contributed by atoms with E-state index in [1.54, 1.807) is 30.3 Å². The molecule has 0 fully saturated rings. The molecule has 1 aromatic heterocycles. The number of carbonyl (C=O) groups is 1. The number of aliphatic hydroxyl groups excluding tert-OH is 1. The molecule has 1 amide bonds. The SMILES string of the molecule is CN(CCO)Cc1cc(NC(=O)c2ccc3[nH]c(=O)oc3c2)ccc1Cl. The van der Waals surface area contributed by atoms with E-state index in [0.717, 1.165) is 5.56 Å². The van der Waals surface area contributed by atoms with Crippen LogP contribution >= 0.6 is 11.6 Å². The highest BCUT2D eigenvalue weighted by Crippen LogP contribution is 2.22. The summed E-state index contributed by atoms with van der Waals surface area (Å²) in [5.74, 6) is -0.889. The molecule has 3 aromatic rings. The van der Waals surface area contributed by atoms with E-state index in [1.807, 2.05) is 11.9 Å². The van der Waals surface area contributed by atoms with Crippen molar-refractivity contribution in [3.05, 3.63) is 63.1 Å². The van der Waals surface area contributed by atoms with Crippen molar-refractivity contribution in [3.63, 3.8) is 0 Å². The number of aliphatic hydroxyl groups is 1. The van der Waals surface area contributed by atoms with Crippen molar-refractivity contribution in [2.75, 3.05) is 25.5 Å². The van der Waals surface area contributed by atoms with E-state index >= 15 is 0 Å². The van der Waals surface area contributed by atoms with Crippen molar-refractivity contribution in [2.45, 2.75) is 6.54 Å². The second kappa shape index (κ2) is 7.74. The molecular formula is C18H18ClN3O4. The molecule has 2 aromatic carbocycles. The van der Waals surface area contributed by atoms with Crippen LogP contribution < -0.4 is 11.1 Å². The maximum absolute atomic E-state index is 12.5. The molecule has 0 unspecified atom stereocenters. The highest BCUT2D eigenvalue weighted by molar-refractivity contribution is 6.31. The lowest BCUT2D eigenvalue weighted by molar-refractivity contribution is 0.102. The Hall–Kier alpha value is -2.61. The van der Waals surface area contributed by atoms with Crippen LogP contribution in [-0.4, -0.2) is 41.1 Å². The number of fused-ring (bicyclic) bond motifs is 1. The van der Waals surface area contributed by atoms with E-state index < -0.39 is 5.76 Å². The molecule has 0 aliphatic carbocycles. The first-order chi connectivity index (χ1) is 12.5. The minimum absolute atomic E-state index is 0.0578. The van der Waals surface area contributed by atoms with Crippen LogP contribution in [0, 0.1) is 0 Å². The van der Waals surface area contributed by atoms with Gasteiger partial charge in [0.1, 0.15) is 0 Å². The number of oxazole rings is 1. The normalized spacial score (nSPS) is 11.2. The first-order valence-electron chi connectivity index (χ1n) is 7.98. The van der Waals surface area contributed by atoms with Gasteiger partial charge in [0.25, 0.3) is 5.91 Å². The fraction of sp³-hybridized carbons (Fsp3) is 0.222. The van der Waals surface area contributed by atoms with Crippen LogP contribution in [-0.2, 0) is 6.54 Å². The van der Waals surface area contributed by atoms with Gasteiger partial charge in [-0.2, -0.15) is 0 Å². The summed E-state index contributed by atoms with van der Waals surface area (Å²) >= 11 is 6.21. The van der Waals surface area contributed by atoms with Gasteiger partial charge in [-0.25, -0.2) is 4.79 Å². The number of likely N-dealkylation sites (N-methyl/N-ethyl adjacent to an activating group) is 1. The minimum atomic E-state index is -0.563. The first-order valence-corrected chi connectivity index (χ1v) is 8.36. The van der Waals surface area contributed by atoms with E-state index in [2.05, 4.69) is 10.3 Å². The number of aromatic amines is 1. The van der Waals surface area contributed by atoms with E-state index in [-0.39, 0.29) is 12.5 Å². The van der Waals surface area contributed by atoms with Crippen molar-refractivity contribution in [3.8, 4) is 0 Å². The number of H-pyrrole nitrogens is 1. The molecule has 8 heteroatoms.